The van der Waals surface area contributed by atoms with Crippen molar-refractivity contribution < 1.29 is 0 Å². The molecule has 0 fully saturated rings. The molecule has 110 valence electrons. The largest absolute Gasteiger partial charge is 0.328 e. The van der Waals surface area contributed by atoms with Crippen molar-refractivity contribution in [1.82, 2.24) is 4.90 Å². The molecule has 2 heteroatoms. The third kappa shape index (κ3) is 12.4. The summed E-state index contributed by atoms with van der Waals surface area (Å²) in [6.45, 7) is 15.2. The molecule has 18 heavy (non-hydrogen) atoms. The van der Waals surface area contributed by atoms with Crippen molar-refractivity contribution in [1.29, 1.82) is 0 Å². The lowest BCUT2D eigenvalue weighted by molar-refractivity contribution is 0.238. The Kier molecular flexibility index (Phi) is 10.8. The van der Waals surface area contributed by atoms with Crippen molar-refractivity contribution in [2.45, 2.75) is 72.8 Å². The SMILES string of the molecule is CC(C)CCN(CCCCC(C)N)CCC(C)C. The summed E-state index contributed by atoms with van der Waals surface area (Å²) in [5.74, 6) is 1.63. The highest BCUT2D eigenvalue weighted by Gasteiger charge is 2.07. The molecule has 0 bridgehead atoms. The van der Waals surface area contributed by atoms with Crippen molar-refractivity contribution >= 4 is 0 Å². The second-order valence-corrected chi connectivity index (χ2v) is 6.68. The maximum Gasteiger partial charge on any atom is 0.00104 e. The van der Waals surface area contributed by atoms with Gasteiger partial charge in [0.15, 0.2) is 0 Å². The Hall–Kier alpha value is -0.0800. The van der Waals surface area contributed by atoms with Crippen LogP contribution >= 0.6 is 0 Å². The molecule has 0 heterocycles. The van der Waals surface area contributed by atoms with Crippen LogP contribution in [0.25, 0.3) is 0 Å². The standard InChI is InChI=1S/C16H36N2/c1-14(2)9-12-18(13-10-15(3)4)11-7-6-8-16(5)17/h14-16H,6-13,17H2,1-5H3. The molecule has 1 atom stereocenters. The lowest BCUT2D eigenvalue weighted by Gasteiger charge is -2.24. The molecule has 0 aliphatic heterocycles. The van der Waals surface area contributed by atoms with E-state index >= 15 is 0 Å². The predicted molar refractivity (Wildman–Crippen MR) is 82.9 cm³/mol. The van der Waals surface area contributed by atoms with E-state index in [0.717, 1.165) is 11.8 Å². The predicted octanol–water partition coefficient (Wildman–Crippen LogP) is 3.90. The fourth-order valence-electron chi connectivity index (χ4n) is 2.02. The first-order valence-electron chi connectivity index (χ1n) is 7.89. The minimum atomic E-state index is 0.366. The van der Waals surface area contributed by atoms with Gasteiger partial charge in [0.05, 0.1) is 0 Å². The Bertz CT molecular complexity index is 164. The monoisotopic (exact) mass is 256 g/mol. The maximum absolute atomic E-state index is 5.79. The number of unbranched alkanes of at least 4 members (excludes halogenated alkanes) is 1. The van der Waals surface area contributed by atoms with Gasteiger partial charge in [0.1, 0.15) is 0 Å². The summed E-state index contributed by atoms with van der Waals surface area (Å²) in [6, 6.07) is 0.366. The van der Waals surface area contributed by atoms with Gasteiger partial charge < -0.3 is 10.6 Å². The van der Waals surface area contributed by atoms with Crippen LogP contribution < -0.4 is 5.73 Å². The van der Waals surface area contributed by atoms with Crippen LogP contribution in [-0.4, -0.2) is 30.6 Å². The molecule has 0 aromatic carbocycles. The van der Waals surface area contributed by atoms with Gasteiger partial charge in [0.2, 0.25) is 0 Å². The van der Waals surface area contributed by atoms with Gasteiger partial charge in [-0.1, -0.05) is 34.1 Å². The summed E-state index contributed by atoms with van der Waals surface area (Å²) in [7, 11) is 0. The molecule has 0 aromatic heterocycles. The van der Waals surface area contributed by atoms with Crippen LogP contribution in [0.4, 0.5) is 0 Å². The highest BCUT2D eigenvalue weighted by Crippen LogP contribution is 2.08. The van der Waals surface area contributed by atoms with E-state index in [1.54, 1.807) is 0 Å². The van der Waals surface area contributed by atoms with E-state index in [1.165, 1.54) is 51.7 Å². The third-order valence-electron chi connectivity index (χ3n) is 3.43. The van der Waals surface area contributed by atoms with E-state index in [4.69, 9.17) is 5.73 Å². The number of hydrogen-bond acceptors (Lipinski definition) is 2. The zero-order valence-electron chi connectivity index (χ0n) is 13.4. The minimum absolute atomic E-state index is 0.366. The van der Waals surface area contributed by atoms with Crippen molar-refractivity contribution in [3.63, 3.8) is 0 Å². The van der Waals surface area contributed by atoms with E-state index < -0.39 is 0 Å². The van der Waals surface area contributed by atoms with Gasteiger partial charge in [-0.3, -0.25) is 0 Å². The Morgan fingerprint density at radius 1 is 0.722 bits per heavy atom. The van der Waals surface area contributed by atoms with Crippen LogP contribution in [0, 0.1) is 11.8 Å². The van der Waals surface area contributed by atoms with E-state index in [2.05, 4.69) is 39.5 Å². The molecular formula is C16H36N2. The molecule has 0 saturated heterocycles. The molecular weight excluding hydrogens is 220 g/mol. The molecule has 0 amide bonds. The number of nitrogens with zero attached hydrogens (tertiary/aromatic N) is 1. The first kappa shape index (κ1) is 17.9. The summed E-state index contributed by atoms with van der Waals surface area (Å²) < 4.78 is 0. The first-order valence-corrected chi connectivity index (χ1v) is 7.89. The fraction of sp³-hybridized carbons (Fsp3) is 1.00. The van der Waals surface area contributed by atoms with Crippen LogP contribution in [0.3, 0.4) is 0 Å². The van der Waals surface area contributed by atoms with Crippen LogP contribution in [0.5, 0.6) is 0 Å². The molecule has 0 radical (unpaired) electrons. The van der Waals surface area contributed by atoms with Crippen molar-refractivity contribution in [2.75, 3.05) is 19.6 Å². The second kappa shape index (κ2) is 10.8. The smallest absolute Gasteiger partial charge is 0.00104 e. The van der Waals surface area contributed by atoms with Crippen molar-refractivity contribution in [3.05, 3.63) is 0 Å². The van der Waals surface area contributed by atoms with E-state index in [9.17, 15) is 0 Å². The Morgan fingerprint density at radius 3 is 1.61 bits per heavy atom. The topological polar surface area (TPSA) is 29.3 Å². The maximum atomic E-state index is 5.79. The normalized spacial score (nSPS) is 13.8. The fourth-order valence-corrected chi connectivity index (χ4v) is 2.02. The molecule has 0 aliphatic carbocycles. The third-order valence-corrected chi connectivity index (χ3v) is 3.43. The Morgan fingerprint density at radius 2 is 1.22 bits per heavy atom. The zero-order valence-corrected chi connectivity index (χ0v) is 13.4. The Labute approximate surface area is 115 Å². The van der Waals surface area contributed by atoms with Crippen molar-refractivity contribution in [2.24, 2.45) is 17.6 Å². The zero-order chi connectivity index (χ0) is 14.0. The summed E-state index contributed by atoms with van der Waals surface area (Å²) in [5, 5.41) is 0. The Balaban J connectivity index is 3.81. The molecule has 0 aromatic rings. The number of hydrogen-bond donors (Lipinski definition) is 1. The van der Waals surface area contributed by atoms with Gasteiger partial charge in [0.25, 0.3) is 0 Å². The quantitative estimate of drug-likeness (QED) is 0.568. The summed E-state index contributed by atoms with van der Waals surface area (Å²) in [4.78, 5) is 2.65. The van der Waals surface area contributed by atoms with Gasteiger partial charge in [-0.05, 0) is 64.1 Å². The second-order valence-electron chi connectivity index (χ2n) is 6.68. The van der Waals surface area contributed by atoms with Crippen LogP contribution in [0.2, 0.25) is 0 Å². The molecule has 2 nitrogen and oxygen atoms in total. The average Bonchev–Trinajstić information content (AvgIpc) is 2.25. The number of nitrogens with two attached hydrogens (primary N) is 1. The van der Waals surface area contributed by atoms with Gasteiger partial charge in [-0.2, -0.15) is 0 Å². The average molecular weight is 256 g/mol. The lowest BCUT2D eigenvalue weighted by Crippen LogP contribution is -2.29. The highest BCUT2D eigenvalue weighted by molar-refractivity contribution is 4.62. The molecule has 0 spiro atoms. The molecule has 1 unspecified atom stereocenters. The molecule has 2 N–H and O–H groups in total. The highest BCUT2D eigenvalue weighted by atomic mass is 15.1. The van der Waals surface area contributed by atoms with Gasteiger partial charge in [0, 0.05) is 6.04 Å². The van der Waals surface area contributed by atoms with E-state index in [-0.39, 0.29) is 0 Å². The van der Waals surface area contributed by atoms with Gasteiger partial charge >= 0.3 is 0 Å². The van der Waals surface area contributed by atoms with Crippen LogP contribution in [-0.2, 0) is 0 Å². The van der Waals surface area contributed by atoms with Crippen LogP contribution in [0.15, 0.2) is 0 Å². The molecule has 0 saturated carbocycles. The lowest BCUT2D eigenvalue weighted by atomic mass is 10.1. The van der Waals surface area contributed by atoms with Crippen molar-refractivity contribution in [3.8, 4) is 0 Å². The summed E-state index contributed by atoms with van der Waals surface area (Å²) in [6.07, 6.45) is 6.40. The van der Waals surface area contributed by atoms with E-state index in [1.807, 2.05) is 0 Å². The van der Waals surface area contributed by atoms with Gasteiger partial charge in [-0.25, -0.2) is 0 Å². The molecule has 0 aliphatic rings. The minimum Gasteiger partial charge on any atom is -0.328 e. The summed E-state index contributed by atoms with van der Waals surface area (Å²) in [5.41, 5.74) is 5.79. The van der Waals surface area contributed by atoms with Gasteiger partial charge in [-0.15, -0.1) is 0 Å². The molecule has 0 rings (SSSR count). The summed E-state index contributed by atoms with van der Waals surface area (Å²) >= 11 is 0. The van der Waals surface area contributed by atoms with Crippen LogP contribution in [0.1, 0.15) is 66.7 Å². The van der Waals surface area contributed by atoms with E-state index in [0.29, 0.717) is 6.04 Å². The number of rotatable bonds is 11. The first-order chi connectivity index (χ1) is 8.41.